The second-order valence-electron chi connectivity index (χ2n) is 21.8. The Hall–Kier alpha value is -6.62. The third-order valence-electron chi connectivity index (χ3n) is 15.4. The highest BCUT2D eigenvalue weighted by atomic mass is 35.5. The highest BCUT2D eigenvalue weighted by Gasteiger charge is 2.60. The van der Waals surface area contributed by atoms with Gasteiger partial charge in [0.05, 0.1) is 32.4 Å². The van der Waals surface area contributed by atoms with Gasteiger partial charge in [-0.3, -0.25) is 24.0 Å². The van der Waals surface area contributed by atoms with Crippen LogP contribution < -0.4 is 19.7 Å². The summed E-state index contributed by atoms with van der Waals surface area (Å²) < 4.78 is 74.3. The fourth-order valence-electron chi connectivity index (χ4n) is 11.9. The molecule has 77 heavy (non-hydrogen) atoms. The van der Waals surface area contributed by atoms with Gasteiger partial charge in [0.2, 0.25) is 5.91 Å². The molecule has 14 nitrogen and oxygen atoms in total. The Bertz CT molecular complexity index is 3000. The molecule has 18 heteroatoms. The Kier molecular flexibility index (Phi) is 17.0. The monoisotopic (exact) mass is 1080 g/mol. The average molecular weight is 1090 g/mol. The molecule has 1 unspecified atom stereocenters. The predicted octanol–water partition coefficient (Wildman–Crippen LogP) is 12.1. The number of nitrogens with zero attached hydrogens (tertiary/aromatic N) is 3. The Morgan fingerprint density at radius 2 is 1.73 bits per heavy atom. The molecule has 3 aliphatic rings. The minimum absolute atomic E-state index is 0.000671. The van der Waals surface area contributed by atoms with Crippen LogP contribution in [0.4, 0.5) is 23.7 Å². The zero-order valence-corrected chi connectivity index (χ0v) is 45.5. The number of fused-ring (bicyclic) bond motifs is 4. The Labute approximate surface area is 452 Å². The van der Waals surface area contributed by atoms with Gasteiger partial charge in [-0.25, -0.2) is 14.4 Å². The Balaban J connectivity index is 1.01. The lowest BCUT2D eigenvalue weighted by Crippen LogP contribution is -2.63. The number of pyridine rings is 1. The first-order valence-corrected chi connectivity index (χ1v) is 26.9. The van der Waals surface area contributed by atoms with Gasteiger partial charge in [-0.15, -0.1) is 0 Å². The number of alkyl halides is 3. The molecular weight excluding hydrogens is 1020 g/mol. The van der Waals surface area contributed by atoms with Crippen molar-refractivity contribution in [3.8, 4) is 11.5 Å². The number of carbonyl (C=O) groups is 5. The fraction of sp³-hybridized carbons (Fsp3) is 0.492. The largest absolute Gasteiger partial charge is 0.494 e. The lowest BCUT2D eigenvalue weighted by molar-refractivity contribution is -0.174. The molecule has 8 rings (SSSR count). The summed E-state index contributed by atoms with van der Waals surface area (Å²) in [6.45, 7) is 12.0. The highest BCUT2D eigenvalue weighted by molar-refractivity contribution is 6.31. The van der Waals surface area contributed by atoms with Crippen molar-refractivity contribution in [2.24, 2.45) is 11.8 Å². The van der Waals surface area contributed by atoms with Crippen molar-refractivity contribution in [3.63, 3.8) is 0 Å². The van der Waals surface area contributed by atoms with Crippen molar-refractivity contribution < 1.29 is 60.8 Å². The SMILES string of the molecule is CCOC(=O)C(NC(=O)CCCOc1ccc2c(c1)C1(CCC(C(=O)OC)(N(C(=O)C(F)(F)F)c3cccc(Cl)c3)CC1)[C@@H](C[C@@H](C)COc1ccnc3c1[C@H](C)CCC3)C2)c1ccc2c(ccn2C(=O)OC(C)(C)C)c1. The summed E-state index contributed by atoms with van der Waals surface area (Å²) >= 11 is 6.30. The maximum Gasteiger partial charge on any atom is 0.471 e. The molecular formula is C59H68ClF3N4O10. The number of esters is 2. The van der Waals surface area contributed by atoms with Crippen LogP contribution in [0.3, 0.4) is 0 Å². The molecule has 0 saturated heterocycles. The number of carbonyl (C=O) groups excluding carboxylic acids is 5. The quantitative estimate of drug-likeness (QED) is 0.0535. The second kappa shape index (κ2) is 23.1. The van der Waals surface area contributed by atoms with Crippen molar-refractivity contribution in [2.45, 2.75) is 147 Å². The van der Waals surface area contributed by atoms with Gasteiger partial charge in [0.25, 0.3) is 0 Å². The third-order valence-corrected chi connectivity index (χ3v) is 15.6. The predicted molar refractivity (Wildman–Crippen MR) is 284 cm³/mol. The number of halogens is 4. The zero-order valence-electron chi connectivity index (χ0n) is 44.7. The van der Waals surface area contributed by atoms with Crippen molar-refractivity contribution in [1.82, 2.24) is 14.9 Å². The number of ether oxygens (including phenoxy) is 5. The first-order valence-electron chi connectivity index (χ1n) is 26.5. The Morgan fingerprint density at radius 1 is 0.961 bits per heavy atom. The van der Waals surface area contributed by atoms with E-state index in [1.807, 2.05) is 24.3 Å². The van der Waals surface area contributed by atoms with E-state index >= 15 is 0 Å². The molecule has 0 aliphatic heterocycles. The molecule has 1 spiro atoms. The van der Waals surface area contributed by atoms with Crippen LogP contribution in [0.15, 0.2) is 85.2 Å². The number of rotatable bonds is 17. The van der Waals surface area contributed by atoms with Crippen molar-refractivity contribution in [2.75, 3.05) is 31.8 Å². The van der Waals surface area contributed by atoms with E-state index in [0.29, 0.717) is 52.5 Å². The summed E-state index contributed by atoms with van der Waals surface area (Å²) in [5.41, 5.74) is 1.69. The van der Waals surface area contributed by atoms with Gasteiger partial charge in [-0.1, -0.05) is 43.6 Å². The topological polar surface area (TPSA) is 165 Å². The summed E-state index contributed by atoms with van der Waals surface area (Å²) in [5, 5.41) is 3.56. The van der Waals surface area contributed by atoms with Gasteiger partial charge in [0, 0.05) is 46.2 Å². The van der Waals surface area contributed by atoms with Crippen LogP contribution in [0.25, 0.3) is 10.9 Å². The second-order valence-corrected chi connectivity index (χ2v) is 22.3. The number of nitrogens with one attached hydrogen (secondary N) is 1. The number of aromatic nitrogens is 2. The number of methoxy groups -OCH3 is 1. The van der Waals surface area contributed by atoms with Gasteiger partial charge >= 0.3 is 30.1 Å². The van der Waals surface area contributed by atoms with Crippen LogP contribution in [-0.2, 0) is 51.6 Å². The molecule has 5 aromatic rings. The summed E-state index contributed by atoms with van der Waals surface area (Å²) in [6, 6.07) is 18.9. The molecule has 2 aromatic heterocycles. The molecule has 3 aliphatic carbocycles. The number of aryl methyl sites for hydroxylation is 1. The summed E-state index contributed by atoms with van der Waals surface area (Å²) in [7, 11) is 1.11. The minimum atomic E-state index is -5.33. The van der Waals surface area contributed by atoms with Crippen LogP contribution in [0.1, 0.15) is 139 Å². The van der Waals surface area contributed by atoms with E-state index in [0.717, 1.165) is 54.5 Å². The van der Waals surface area contributed by atoms with Crippen LogP contribution in [-0.4, -0.2) is 83.6 Å². The number of anilines is 1. The van der Waals surface area contributed by atoms with Crippen molar-refractivity contribution >= 4 is 58.0 Å². The Morgan fingerprint density at radius 3 is 2.43 bits per heavy atom. The molecule has 1 N–H and O–H groups in total. The van der Waals surface area contributed by atoms with E-state index in [1.165, 1.54) is 28.8 Å². The van der Waals surface area contributed by atoms with E-state index in [9.17, 15) is 37.1 Å². The molecule has 0 bridgehead atoms. The first-order chi connectivity index (χ1) is 36.6. The molecule has 1 fully saturated rings. The van der Waals surface area contributed by atoms with Gasteiger partial charge in [-0.2, -0.15) is 13.2 Å². The maximum atomic E-state index is 14.6. The van der Waals surface area contributed by atoms with Gasteiger partial charge in [0.1, 0.15) is 22.6 Å². The molecule has 2 amide bonds. The average Bonchev–Trinajstić information content (AvgIpc) is 4.08. The van der Waals surface area contributed by atoms with Crippen molar-refractivity contribution in [1.29, 1.82) is 0 Å². The molecule has 1 saturated carbocycles. The van der Waals surface area contributed by atoms with Crippen LogP contribution in [0.5, 0.6) is 11.5 Å². The molecule has 2 heterocycles. The van der Waals surface area contributed by atoms with Crippen LogP contribution >= 0.6 is 11.6 Å². The van der Waals surface area contributed by atoms with Crippen LogP contribution in [0, 0.1) is 11.8 Å². The lowest BCUT2D eigenvalue weighted by atomic mass is 9.59. The molecule has 4 atom stereocenters. The first kappa shape index (κ1) is 56.6. The maximum absolute atomic E-state index is 14.6. The fourth-order valence-corrected chi connectivity index (χ4v) is 12.1. The van der Waals surface area contributed by atoms with E-state index in [1.54, 1.807) is 64.4 Å². The normalized spacial score (nSPS) is 20.8. The summed E-state index contributed by atoms with van der Waals surface area (Å²) in [4.78, 5) is 72.5. The lowest BCUT2D eigenvalue weighted by Gasteiger charge is -2.51. The number of benzene rings is 3. The van der Waals surface area contributed by atoms with E-state index in [2.05, 4.69) is 24.1 Å². The molecule has 412 valence electrons. The summed E-state index contributed by atoms with van der Waals surface area (Å²) in [6.07, 6.45) is 2.32. The smallest absolute Gasteiger partial charge is 0.471 e. The standard InChI is InChI=1S/C59H68ClF3N4O10/c1-8-74-52(69)51(40-18-20-47-39(31-40)22-28-66(47)55(72)77-56(4,5)6)65-49(68)16-11-29-75-44-19-17-38-32-41(30-36(2)35-76-48-21-27-64-46-15-9-12-37(3)50(46)48)57(45(38)34-44)23-25-58(26-24-57,54(71)73-7)67(53(70)59(61,62)63)43-14-10-13-42(60)33-43/h10,13-14,17-22,27-28,31,33-34,36-37,41,51H,8-9,11-12,15-16,23-26,29-30,32,35H2,1-7H3,(H,65,68)/t36-,37-,41+,51?,57?,58?/m1/s1. The number of amides is 2. The summed E-state index contributed by atoms with van der Waals surface area (Å²) in [5.74, 6) is -2.55. The van der Waals surface area contributed by atoms with E-state index in [-0.39, 0.29) is 74.3 Å². The molecule has 3 aromatic carbocycles. The van der Waals surface area contributed by atoms with Crippen molar-refractivity contribution in [3.05, 3.63) is 118 Å². The highest BCUT2D eigenvalue weighted by Crippen LogP contribution is 2.58. The van der Waals surface area contributed by atoms with Gasteiger partial charge < -0.3 is 29.0 Å². The van der Waals surface area contributed by atoms with Crippen LogP contribution in [0.2, 0.25) is 5.02 Å². The molecule has 0 radical (unpaired) electrons. The van der Waals surface area contributed by atoms with E-state index in [4.69, 9.17) is 35.3 Å². The van der Waals surface area contributed by atoms with E-state index < -0.39 is 58.6 Å². The number of hydrogen-bond acceptors (Lipinski definition) is 11. The van der Waals surface area contributed by atoms with Gasteiger partial charge in [0.15, 0.2) is 6.04 Å². The minimum Gasteiger partial charge on any atom is -0.494 e. The zero-order chi connectivity index (χ0) is 55.5. The van der Waals surface area contributed by atoms with Gasteiger partial charge in [-0.05, 0) is 186 Å². The third kappa shape index (κ3) is 12.2. The number of hydrogen-bond donors (Lipinski definition) is 1.